The van der Waals surface area contributed by atoms with Crippen molar-refractivity contribution in [3.8, 4) is 0 Å². The lowest BCUT2D eigenvalue weighted by Crippen LogP contribution is -2.38. The molecule has 1 aromatic heterocycles. The number of hydrogen-bond donors (Lipinski definition) is 1. The summed E-state index contributed by atoms with van der Waals surface area (Å²) in [6, 6.07) is 4.98. The van der Waals surface area contributed by atoms with Gasteiger partial charge in [-0.25, -0.2) is 4.98 Å². The van der Waals surface area contributed by atoms with E-state index in [1.807, 2.05) is 6.20 Å². The number of nitrogens with zero attached hydrogens (tertiary/aromatic N) is 3. The van der Waals surface area contributed by atoms with Crippen molar-refractivity contribution in [2.75, 3.05) is 42.9 Å². The Morgan fingerprint density at radius 3 is 2.48 bits per heavy atom. The summed E-state index contributed by atoms with van der Waals surface area (Å²) in [5, 5.41) is 3.65. The van der Waals surface area contributed by atoms with Gasteiger partial charge < -0.3 is 15.1 Å². The fourth-order valence-corrected chi connectivity index (χ4v) is 3.41. The summed E-state index contributed by atoms with van der Waals surface area (Å²) in [5.41, 5.74) is 1.17. The smallest absolute Gasteiger partial charge is 0.128 e. The maximum atomic E-state index is 4.65. The average Bonchev–Trinajstić information content (AvgIpc) is 2.57. The van der Waals surface area contributed by atoms with Gasteiger partial charge in [0.25, 0.3) is 0 Å². The highest BCUT2D eigenvalue weighted by Gasteiger charge is 2.18. The summed E-state index contributed by atoms with van der Waals surface area (Å²) in [6.07, 6.45) is 8.46. The maximum absolute atomic E-state index is 4.65. The van der Waals surface area contributed by atoms with Crippen molar-refractivity contribution in [1.82, 2.24) is 9.88 Å². The zero-order valence-electron chi connectivity index (χ0n) is 13.2. The van der Waals surface area contributed by atoms with Gasteiger partial charge in [0.15, 0.2) is 0 Å². The molecule has 3 heterocycles. The summed E-state index contributed by atoms with van der Waals surface area (Å²) in [7, 11) is 0. The van der Waals surface area contributed by atoms with Crippen molar-refractivity contribution in [2.24, 2.45) is 0 Å². The van der Waals surface area contributed by atoms with E-state index >= 15 is 0 Å². The van der Waals surface area contributed by atoms with E-state index in [2.05, 4.69) is 39.2 Å². The van der Waals surface area contributed by atoms with Crippen LogP contribution in [0.5, 0.6) is 0 Å². The highest BCUT2D eigenvalue weighted by atomic mass is 15.2. The second-order valence-corrected chi connectivity index (χ2v) is 6.31. The first-order chi connectivity index (χ1) is 10.3. The van der Waals surface area contributed by atoms with Crippen molar-refractivity contribution in [1.29, 1.82) is 0 Å². The molecule has 4 heteroatoms. The third kappa shape index (κ3) is 3.88. The maximum Gasteiger partial charge on any atom is 0.128 e. The third-order valence-electron chi connectivity index (χ3n) is 4.83. The van der Waals surface area contributed by atoms with Gasteiger partial charge in [0, 0.05) is 32.2 Å². The fourth-order valence-electron chi connectivity index (χ4n) is 3.41. The van der Waals surface area contributed by atoms with Crippen LogP contribution in [-0.2, 0) is 0 Å². The van der Waals surface area contributed by atoms with Crippen LogP contribution in [0.2, 0.25) is 0 Å². The Balaban J connectivity index is 1.52. The van der Waals surface area contributed by atoms with E-state index in [1.165, 1.54) is 57.4 Å². The zero-order valence-corrected chi connectivity index (χ0v) is 13.2. The second kappa shape index (κ2) is 7.12. The van der Waals surface area contributed by atoms with Crippen LogP contribution in [0.3, 0.4) is 0 Å². The van der Waals surface area contributed by atoms with Crippen LogP contribution in [0.1, 0.15) is 39.0 Å². The van der Waals surface area contributed by atoms with E-state index in [9.17, 15) is 0 Å². The minimum atomic E-state index is 0.607. The van der Waals surface area contributed by atoms with Crippen LogP contribution < -0.4 is 10.2 Å². The van der Waals surface area contributed by atoms with Crippen molar-refractivity contribution >= 4 is 11.5 Å². The number of aromatic nitrogens is 1. The van der Waals surface area contributed by atoms with Gasteiger partial charge in [0.05, 0.1) is 11.9 Å². The summed E-state index contributed by atoms with van der Waals surface area (Å²) < 4.78 is 0. The van der Waals surface area contributed by atoms with Crippen LogP contribution in [0.4, 0.5) is 11.5 Å². The quantitative estimate of drug-likeness (QED) is 0.923. The summed E-state index contributed by atoms with van der Waals surface area (Å²) in [6.45, 7) is 8.18. The molecule has 1 aromatic rings. The van der Waals surface area contributed by atoms with E-state index in [1.54, 1.807) is 0 Å². The summed E-state index contributed by atoms with van der Waals surface area (Å²) in [4.78, 5) is 9.59. The molecule has 0 bridgehead atoms. The highest BCUT2D eigenvalue weighted by molar-refractivity contribution is 5.49. The molecule has 21 heavy (non-hydrogen) atoms. The summed E-state index contributed by atoms with van der Waals surface area (Å²) >= 11 is 0. The van der Waals surface area contributed by atoms with Crippen molar-refractivity contribution < 1.29 is 0 Å². The van der Waals surface area contributed by atoms with Gasteiger partial charge >= 0.3 is 0 Å². The monoisotopic (exact) mass is 288 g/mol. The van der Waals surface area contributed by atoms with Crippen LogP contribution in [0.25, 0.3) is 0 Å². The molecule has 0 spiro atoms. The topological polar surface area (TPSA) is 31.4 Å². The Kier molecular flexibility index (Phi) is 4.96. The first kappa shape index (κ1) is 14.6. The Morgan fingerprint density at radius 2 is 1.86 bits per heavy atom. The Bertz CT molecular complexity index is 417. The molecule has 0 aliphatic carbocycles. The van der Waals surface area contributed by atoms with Gasteiger partial charge in [0.2, 0.25) is 0 Å². The Hall–Kier alpha value is -1.29. The SMILES string of the molecule is CCN1CCC(Nc2ccc(N3CCCCC3)nc2)CC1. The number of nitrogens with one attached hydrogen (secondary N) is 1. The van der Waals surface area contributed by atoms with E-state index in [0.29, 0.717) is 6.04 Å². The average molecular weight is 288 g/mol. The molecule has 2 saturated heterocycles. The molecular weight excluding hydrogens is 260 g/mol. The van der Waals surface area contributed by atoms with E-state index in [-0.39, 0.29) is 0 Å². The molecule has 2 fully saturated rings. The molecule has 2 aliphatic rings. The van der Waals surface area contributed by atoms with E-state index in [4.69, 9.17) is 0 Å². The van der Waals surface area contributed by atoms with Gasteiger partial charge in [-0.2, -0.15) is 0 Å². The molecule has 0 saturated carbocycles. The molecule has 0 radical (unpaired) electrons. The van der Waals surface area contributed by atoms with Crippen molar-refractivity contribution in [3.63, 3.8) is 0 Å². The molecule has 3 rings (SSSR count). The van der Waals surface area contributed by atoms with Gasteiger partial charge in [-0.15, -0.1) is 0 Å². The molecule has 116 valence electrons. The number of pyridine rings is 1. The summed E-state index contributed by atoms with van der Waals surface area (Å²) in [5.74, 6) is 1.14. The molecule has 0 atom stereocenters. The first-order valence-electron chi connectivity index (χ1n) is 8.55. The Morgan fingerprint density at radius 1 is 1.10 bits per heavy atom. The van der Waals surface area contributed by atoms with Gasteiger partial charge in [0.1, 0.15) is 5.82 Å². The molecule has 1 N–H and O–H groups in total. The normalized spacial score (nSPS) is 21.5. The van der Waals surface area contributed by atoms with Crippen LogP contribution >= 0.6 is 0 Å². The molecule has 0 amide bonds. The first-order valence-corrected chi connectivity index (χ1v) is 8.55. The lowest BCUT2D eigenvalue weighted by molar-refractivity contribution is 0.229. The molecule has 4 nitrogen and oxygen atoms in total. The van der Waals surface area contributed by atoms with Crippen LogP contribution in [0.15, 0.2) is 18.3 Å². The lowest BCUT2D eigenvalue weighted by Gasteiger charge is -2.32. The largest absolute Gasteiger partial charge is 0.381 e. The van der Waals surface area contributed by atoms with Gasteiger partial charge in [-0.05, 0) is 50.8 Å². The number of hydrogen-bond acceptors (Lipinski definition) is 4. The number of rotatable bonds is 4. The van der Waals surface area contributed by atoms with Crippen LogP contribution in [-0.4, -0.2) is 48.6 Å². The molecule has 0 aromatic carbocycles. The number of anilines is 2. The second-order valence-electron chi connectivity index (χ2n) is 6.31. The predicted octanol–water partition coefficient (Wildman–Crippen LogP) is 2.97. The van der Waals surface area contributed by atoms with Gasteiger partial charge in [-0.3, -0.25) is 0 Å². The minimum absolute atomic E-state index is 0.607. The fraction of sp³-hybridized carbons (Fsp3) is 0.706. The van der Waals surface area contributed by atoms with E-state index < -0.39 is 0 Å². The zero-order chi connectivity index (χ0) is 14.5. The van der Waals surface area contributed by atoms with E-state index in [0.717, 1.165) is 18.9 Å². The molecule has 2 aliphatic heterocycles. The lowest BCUT2D eigenvalue weighted by atomic mass is 10.0. The third-order valence-corrected chi connectivity index (χ3v) is 4.83. The molecular formula is C17H28N4. The molecule has 0 unspecified atom stereocenters. The minimum Gasteiger partial charge on any atom is -0.381 e. The number of likely N-dealkylation sites (tertiary alicyclic amines) is 1. The van der Waals surface area contributed by atoms with Gasteiger partial charge in [-0.1, -0.05) is 6.92 Å². The van der Waals surface area contributed by atoms with Crippen LogP contribution in [0, 0.1) is 0 Å². The van der Waals surface area contributed by atoms with Crippen molar-refractivity contribution in [2.45, 2.75) is 45.1 Å². The number of piperidine rings is 2. The Labute approximate surface area is 128 Å². The standard InChI is InChI=1S/C17H28N4/c1-2-20-12-8-15(9-13-20)19-16-6-7-17(18-14-16)21-10-4-3-5-11-21/h6-7,14-15,19H,2-5,8-13H2,1H3. The van der Waals surface area contributed by atoms with Crippen molar-refractivity contribution in [3.05, 3.63) is 18.3 Å². The highest BCUT2D eigenvalue weighted by Crippen LogP contribution is 2.21. The predicted molar refractivity (Wildman–Crippen MR) is 89.1 cm³/mol.